The average Bonchev–Trinajstić information content (AvgIpc) is 2.71. The second-order valence-corrected chi connectivity index (χ2v) is 5.06. The average molecular weight is 288 g/mol. The Morgan fingerprint density at radius 3 is 2.56 bits per heavy atom. The van der Waals surface area contributed by atoms with Gasteiger partial charge in [0.15, 0.2) is 5.11 Å². The van der Waals surface area contributed by atoms with E-state index in [2.05, 4.69) is 24.6 Å². The summed E-state index contributed by atoms with van der Waals surface area (Å²) >= 11 is 11.1. The lowest BCUT2D eigenvalue weighted by Crippen LogP contribution is -2.50. The van der Waals surface area contributed by atoms with Crippen molar-refractivity contribution in [3.63, 3.8) is 0 Å². The molecule has 1 aliphatic heterocycles. The van der Waals surface area contributed by atoms with Crippen LogP contribution in [-0.4, -0.2) is 10.8 Å². The predicted octanol–water partition coefficient (Wildman–Crippen LogP) is 3.19. The van der Waals surface area contributed by atoms with E-state index in [0.29, 0.717) is 5.11 Å². The molecule has 0 atom stereocenters. The number of thiocarbonyl (C=S) groups is 1. The van der Waals surface area contributed by atoms with Gasteiger partial charge < -0.3 is 5.32 Å². The van der Waals surface area contributed by atoms with Crippen LogP contribution >= 0.6 is 23.8 Å². The van der Waals surface area contributed by atoms with Crippen molar-refractivity contribution >= 4 is 34.6 Å². The van der Waals surface area contributed by atoms with Crippen molar-refractivity contribution in [1.82, 2.24) is 10.7 Å². The van der Waals surface area contributed by atoms with Crippen LogP contribution in [0.15, 0.2) is 18.2 Å². The third-order valence-corrected chi connectivity index (χ3v) is 3.82. The highest BCUT2D eigenvalue weighted by Crippen LogP contribution is 2.26. The van der Waals surface area contributed by atoms with Crippen LogP contribution in [0.25, 0.3) is 0 Å². The fraction of sp³-hybridized carbons (Fsp3) is 0.417. The molecule has 98 valence electrons. The van der Waals surface area contributed by atoms with Crippen LogP contribution in [0.3, 0.4) is 0 Å². The van der Waals surface area contributed by atoms with E-state index < -0.39 is 5.82 Å². The van der Waals surface area contributed by atoms with Crippen LogP contribution in [0.1, 0.15) is 26.7 Å². The number of hydrogen-bond acceptors (Lipinski definition) is 2. The molecule has 3 nitrogen and oxygen atoms in total. The van der Waals surface area contributed by atoms with E-state index in [1.165, 1.54) is 6.07 Å². The maximum absolute atomic E-state index is 13.1. The minimum absolute atomic E-state index is 0.0857. The van der Waals surface area contributed by atoms with Gasteiger partial charge in [-0.15, -0.1) is 0 Å². The van der Waals surface area contributed by atoms with Crippen molar-refractivity contribution in [1.29, 1.82) is 0 Å². The highest BCUT2D eigenvalue weighted by atomic mass is 35.5. The quantitative estimate of drug-likeness (QED) is 0.835. The monoisotopic (exact) mass is 287 g/mol. The topological polar surface area (TPSA) is 27.3 Å². The molecule has 0 radical (unpaired) electrons. The molecule has 1 aromatic rings. The number of nitrogens with one attached hydrogen (secondary N) is 2. The number of nitrogens with zero attached hydrogens (tertiary/aromatic N) is 1. The van der Waals surface area contributed by atoms with E-state index in [-0.39, 0.29) is 10.7 Å². The van der Waals surface area contributed by atoms with Crippen LogP contribution in [0, 0.1) is 5.82 Å². The number of halogens is 2. The molecule has 0 spiro atoms. The maximum atomic E-state index is 13.1. The molecule has 0 saturated carbocycles. The molecular formula is C12H15ClFN3S. The summed E-state index contributed by atoms with van der Waals surface area (Å²) in [6.45, 7) is 4.15. The summed E-state index contributed by atoms with van der Waals surface area (Å²) in [4.78, 5) is 0. The van der Waals surface area contributed by atoms with E-state index in [0.717, 1.165) is 18.5 Å². The molecule has 0 aliphatic carbocycles. The van der Waals surface area contributed by atoms with E-state index in [9.17, 15) is 4.39 Å². The molecule has 1 fully saturated rings. The summed E-state index contributed by atoms with van der Waals surface area (Å²) in [5.74, 6) is -0.435. The van der Waals surface area contributed by atoms with Gasteiger partial charge in [0, 0.05) is 0 Å². The minimum Gasteiger partial charge on any atom is -0.342 e. The molecule has 0 unspecified atom stereocenters. The number of anilines is 1. The van der Waals surface area contributed by atoms with Gasteiger partial charge >= 0.3 is 0 Å². The Labute approximate surface area is 116 Å². The van der Waals surface area contributed by atoms with Crippen molar-refractivity contribution < 1.29 is 4.39 Å². The van der Waals surface area contributed by atoms with Crippen molar-refractivity contribution in [2.45, 2.75) is 32.4 Å². The molecule has 1 aromatic carbocycles. The number of hydrogen-bond donors (Lipinski definition) is 2. The molecule has 18 heavy (non-hydrogen) atoms. The molecule has 6 heteroatoms. The van der Waals surface area contributed by atoms with Crippen molar-refractivity contribution in [2.24, 2.45) is 0 Å². The molecule has 2 N–H and O–H groups in total. The lowest BCUT2D eigenvalue weighted by atomic mass is 10.1. The van der Waals surface area contributed by atoms with E-state index in [4.69, 9.17) is 23.8 Å². The van der Waals surface area contributed by atoms with Gasteiger partial charge in [-0.2, -0.15) is 0 Å². The molecular weight excluding hydrogens is 273 g/mol. The Hall–Kier alpha value is -0.910. The first-order chi connectivity index (χ1) is 8.51. The molecule has 1 heterocycles. The van der Waals surface area contributed by atoms with Crippen LogP contribution in [0.4, 0.5) is 10.1 Å². The smallest absolute Gasteiger partial charge is 0.189 e. The van der Waals surface area contributed by atoms with Gasteiger partial charge in [0.25, 0.3) is 0 Å². The number of benzene rings is 1. The zero-order valence-electron chi connectivity index (χ0n) is 10.3. The van der Waals surface area contributed by atoms with Gasteiger partial charge in [-0.25, -0.2) is 14.8 Å². The van der Waals surface area contributed by atoms with E-state index in [1.807, 2.05) is 0 Å². The van der Waals surface area contributed by atoms with Gasteiger partial charge in [0.1, 0.15) is 11.5 Å². The van der Waals surface area contributed by atoms with Crippen molar-refractivity contribution in [2.75, 3.05) is 5.01 Å². The molecule has 1 aliphatic rings. The summed E-state index contributed by atoms with van der Waals surface area (Å²) in [7, 11) is 0. The largest absolute Gasteiger partial charge is 0.342 e. The first kappa shape index (κ1) is 13.5. The van der Waals surface area contributed by atoms with Crippen LogP contribution in [0.2, 0.25) is 5.02 Å². The molecule has 0 amide bonds. The summed E-state index contributed by atoms with van der Waals surface area (Å²) < 4.78 is 13.1. The Bertz CT molecular complexity index is 476. The van der Waals surface area contributed by atoms with Crippen molar-refractivity contribution in [3.05, 3.63) is 29.0 Å². The maximum Gasteiger partial charge on any atom is 0.189 e. The fourth-order valence-electron chi connectivity index (χ4n) is 1.94. The SMILES string of the molecule is CCC1(CC)NC(=S)N(c2ccc(F)c(Cl)c2)N1. The van der Waals surface area contributed by atoms with E-state index in [1.54, 1.807) is 17.1 Å². The third kappa shape index (κ3) is 2.30. The Morgan fingerprint density at radius 2 is 2.06 bits per heavy atom. The highest BCUT2D eigenvalue weighted by molar-refractivity contribution is 7.80. The van der Waals surface area contributed by atoms with Crippen LogP contribution < -0.4 is 15.8 Å². The number of hydrazine groups is 1. The highest BCUT2D eigenvalue weighted by Gasteiger charge is 2.37. The summed E-state index contributed by atoms with van der Waals surface area (Å²) in [6, 6.07) is 4.53. The van der Waals surface area contributed by atoms with Gasteiger partial charge in [0.2, 0.25) is 0 Å². The van der Waals surface area contributed by atoms with Crippen LogP contribution in [0.5, 0.6) is 0 Å². The summed E-state index contributed by atoms with van der Waals surface area (Å²) in [5.41, 5.74) is 3.80. The summed E-state index contributed by atoms with van der Waals surface area (Å²) in [5, 5.41) is 5.65. The zero-order chi connectivity index (χ0) is 13.3. The summed E-state index contributed by atoms with van der Waals surface area (Å²) in [6.07, 6.45) is 1.77. The van der Waals surface area contributed by atoms with Gasteiger partial charge in [-0.3, -0.25) is 0 Å². The van der Waals surface area contributed by atoms with Gasteiger partial charge in [-0.05, 0) is 43.3 Å². The lowest BCUT2D eigenvalue weighted by Gasteiger charge is -2.27. The standard InChI is InChI=1S/C12H15ClFN3S/c1-3-12(4-2)15-11(18)17(16-12)8-5-6-10(14)9(13)7-8/h5-7,16H,3-4H2,1-2H3,(H,15,18). The Kier molecular flexibility index (Phi) is 3.75. The second kappa shape index (κ2) is 4.99. The van der Waals surface area contributed by atoms with Gasteiger partial charge in [-0.1, -0.05) is 25.4 Å². The first-order valence-electron chi connectivity index (χ1n) is 5.86. The van der Waals surface area contributed by atoms with Crippen molar-refractivity contribution in [3.8, 4) is 0 Å². The Balaban J connectivity index is 2.29. The predicted molar refractivity (Wildman–Crippen MR) is 76.1 cm³/mol. The molecule has 1 saturated heterocycles. The second-order valence-electron chi connectivity index (χ2n) is 4.26. The van der Waals surface area contributed by atoms with E-state index >= 15 is 0 Å². The van der Waals surface area contributed by atoms with Gasteiger partial charge in [0.05, 0.1) is 10.7 Å². The molecule has 0 bridgehead atoms. The molecule has 2 rings (SSSR count). The first-order valence-corrected chi connectivity index (χ1v) is 6.65. The minimum atomic E-state index is -0.435. The fourth-order valence-corrected chi connectivity index (χ4v) is 2.47. The normalized spacial score (nSPS) is 18.0. The molecule has 0 aromatic heterocycles. The Morgan fingerprint density at radius 1 is 1.39 bits per heavy atom. The zero-order valence-corrected chi connectivity index (χ0v) is 11.8. The van der Waals surface area contributed by atoms with Crippen LogP contribution in [-0.2, 0) is 0 Å². The number of rotatable bonds is 3. The third-order valence-electron chi connectivity index (χ3n) is 3.24. The lowest BCUT2D eigenvalue weighted by molar-refractivity contribution is 0.315.